The van der Waals surface area contributed by atoms with E-state index in [0.717, 1.165) is 24.6 Å². The predicted octanol–water partition coefficient (Wildman–Crippen LogP) is 3.99. The van der Waals surface area contributed by atoms with E-state index in [1.165, 1.54) is 12.2 Å². The van der Waals surface area contributed by atoms with Crippen molar-refractivity contribution in [3.05, 3.63) is 71.3 Å². The van der Waals surface area contributed by atoms with Crippen LogP contribution in [0.2, 0.25) is 0 Å². The number of anilines is 1. The fraction of sp³-hybridized carbons (Fsp3) is 0.158. The molecule has 1 aliphatic heterocycles. The molecule has 0 saturated carbocycles. The van der Waals surface area contributed by atoms with Gasteiger partial charge in [0.2, 0.25) is 5.91 Å². The highest BCUT2D eigenvalue weighted by molar-refractivity contribution is 6.08. The van der Waals surface area contributed by atoms with Crippen LogP contribution in [0.4, 0.5) is 14.5 Å². The van der Waals surface area contributed by atoms with Crippen molar-refractivity contribution in [3.63, 3.8) is 0 Å². The molecule has 5 heteroatoms. The minimum atomic E-state index is -0.600. The van der Waals surface area contributed by atoms with Gasteiger partial charge in [-0.15, -0.1) is 0 Å². The van der Waals surface area contributed by atoms with E-state index in [-0.39, 0.29) is 17.3 Å². The first-order valence-corrected chi connectivity index (χ1v) is 7.62. The number of carbonyl (C=O) groups excluding carboxylic acids is 2. The van der Waals surface area contributed by atoms with Gasteiger partial charge in [0.1, 0.15) is 11.6 Å². The molecule has 0 aliphatic carbocycles. The topological polar surface area (TPSA) is 37.4 Å². The van der Waals surface area contributed by atoms with Gasteiger partial charge in [-0.25, -0.2) is 8.78 Å². The van der Waals surface area contributed by atoms with Gasteiger partial charge in [0, 0.05) is 29.8 Å². The molecule has 3 rings (SSSR count). The molecule has 2 aromatic rings. The second kappa shape index (κ2) is 6.74. The van der Waals surface area contributed by atoms with Gasteiger partial charge in [-0.2, -0.15) is 0 Å². The van der Waals surface area contributed by atoms with Crippen molar-refractivity contribution < 1.29 is 18.4 Å². The maximum atomic E-state index is 13.6. The van der Waals surface area contributed by atoms with Gasteiger partial charge in [0.15, 0.2) is 5.78 Å². The molecule has 1 amide bonds. The van der Waals surface area contributed by atoms with E-state index in [0.29, 0.717) is 24.2 Å². The Hall–Kier alpha value is -2.82. The van der Waals surface area contributed by atoms with Crippen LogP contribution in [0.1, 0.15) is 28.8 Å². The Morgan fingerprint density at radius 2 is 1.96 bits per heavy atom. The van der Waals surface area contributed by atoms with Crippen molar-refractivity contribution in [3.8, 4) is 0 Å². The summed E-state index contributed by atoms with van der Waals surface area (Å²) in [6.45, 7) is 0.640. The number of amides is 1. The minimum absolute atomic E-state index is 0.00854. The van der Waals surface area contributed by atoms with E-state index in [9.17, 15) is 18.4 Å². The molecule has 0 aromatic heterocycles. The van der Waals surface area contributed by atoms with Crippen LogP contribution in [0.15, 0.2) is 48.5 Å². The zero-order chi connectivity index (χ0) is 17.1. The van der Waals surface area contributed by atoms with E-state index in [4.69, 9.17) is 0 Å². The summed E-state index contributed by atoms with van der Waals surface area (Å²) in [7, 11) is 0. The van der Waals surface area contributed by atoms with E-state index in [1.807, 2.05) is 0 Å². The van der Waals surface area contributed by atoms with Crippen molar-refractivity contribution in [1.82, 2.24) is 0 Å². The summed E-state index contributed by atoms with van der Waals surface area (Å²) in [5.74, 6) is -1.47. The first-order chi connectivity index (χ1) is 11.5. The number of benzene rings is 2. The van der Waals surface area contributed by atoms with Crippen molar-refractivity contribution in [1.29, 1.82) is 0 Å². The lowest BCUT2D eigenvalue weighted by Gasteiger charge is -2.16. The Balaban J connectivity index is 1.81. The molecular formula is C19H15F2NO2. The maximum absolute atomic E-state index is 13.6. The molecule has 1 fully saturated rings. The molecule has 0 unspecified atom stereocenters. The third kappa shape index (κ3) is 3.40. The number of allylic oxidation sites excluding steroid dienone is 1. The summed E-state index contributed by atoms with van der Waals surface area (Å²) >= 11 is 0. The molecule has 0 bridgehead atoms. The van der Waals surface area contributed by atoms with Crippen LogP contribution in [-0.4, -0.2) is 18.2 Å². The molecule has 1 heterocycles. The normalized spacial score (nSPS) is 14.6. The van der Waals surface area contributed by atoms with Crippen molar-refractivity contribution in [2.45, 2.75) is 12.8 Å². The zero-order valence-corrected chi connectivity index (χ0v) is 12.8. The number of hydrogen-bond donors (Lipinski definition) is 0. The van der Waals surface area contributed by atoms with E-state index in [1.54, 1.807) is 29.2 Å². The number of halogens is 2. The Bertz CT molecular complexity index is 830. The smallest absolute Gasteiger partial charge is 0.227 e. The average molecular weight is 327 g/mol. The van der Waals surface area contributed by atoms with Crippen LogP contribution in [-0.2, 0) is 4.79 Å². The number of hydrogen-bond acceptors (Lipinski definition) is 2. The monoisotopic (exact) mass is 327 g/mol. The van der Waals surface area contributed by atoms with E-state index in [2.05, 4.69) is 0 Å². The second-order valence-corrected chi connectivity index (χ2v) is 5.56. The second-order valence-electron chi connectivity index (χ2n) is 5.56. The van der Waals surface area contributed by atoms with Crippen molar-refractivity contribution >= 4 is 23.5 Å². The third-order valence-corrected chi connectivity index (χ3v) is 3.89. The summed E-state index contributed by atoms with van der Waals surface area (Å²) in [4.78, 5) is 25.7. The van der Waals surface area contributed by atoms with Crippen molar-refractivity contribution in [2.24, 2.45) is 0 Å². The fourth-order valence-electron chi connectivity index (χ4n) is 2.65. The minimum Gasteiger partial charge on any atom is -0.312 e. The summed E-state index contributed by atoms with van der Waals surface area (Å²) in [5.41, 5.74) is 1.07. The number of rotatable bonds is 4. The predicted molar refractivity (Wildman–Crippen MR) is 87.8 cm³/mol. The molecule has 122 valence electrons. The maximum Gasteiger partial charge on any atom is 0.227 e. The van der Waals surface area contributed by atoms with E-state index < -0.39 is 11.6 Å². The first-order valence-electron chi connectivity index (χ1n) is 7.62. The Labute approximate surface area is 138 Å². The largest absolute Gasteiger partial charge is 0.312 e. The molecular weight excluding hydrogens is 312 g/mol. The lowest BCUT2D eigenvalue weighted by Crippen LogP contribution is -2.23. The standard InChI is InChI=1S/C19H15F2NO2/c20-15-7-8-17(21)13(11-15)6-9-18(23)14-3-1-4-16(12-14)22-10-2-5-19(22)24/h1,3-4,6-9,11-12H,2,5,10H2/b9-6+. The number of nitrogens with zero attached hydrogens (tertiary/aromatic N) is 1. The van der Waals surface area contributed by atoms with Gasteiger partial charge in [0.05, 0.1) is 0 Å². The van der Waals surface area contributed by atoms with Crippen LogP contribution in [0, 0.1) is 11.6 Å². The number of ketones is 1. The number of carbonyl (C=O) groups is 2. The lowest BCUT2D eigenvalue weighted by atomic mass is 10.1. The highest BCUT2D eigenvalue weighted by Gasteiger charge is 2.22. The highest BCUT2D eigenvalue weighted by Crippen LogP contribution is 2.22. The summed E-state index contributed by atoms with van der Waals surface area (Å²) in [5, 5.41) is 0. The van der Waals surface area contributed by atoms with Crippen LogP contribution in [0.5, 0.6) is 0 Å². The molecule has 0 spiro atoms. The fourth-order valence-corrected chi connectivity index (χ4v) is 2.65. The van der Waals surface area contributed by atoms with Crippen LogP contribution < -0.4 is 4.90 Å². The Kier molecular flexibility index (Phi) is 4.51. The molecule has 1 aliphatic rings. The van der Waals surface area contributed by atoms with Crippen molar-refractivity contribution in [2.75, 3.05) is 11.4 Å². The van der Waals surface area contributed by atoms with Gasteiger partial charge < -0.3 is 4.90 Å². The zero-order valence-electron chi connectivity index (χ0n) is 12.8. The SMILES string of the molecule is O=C(/C=C/c1cc(F)ccc1F)c1cccc(N2CCCC2=O)c1. The summed E-state index contributed by atoms with van der Waals surface area (Å²) < 4.78 is 26.7. The van der Waals surface area contributed by atoms with Crippen LogP contribution in [0.3, 0.4) is 0 Å². The Morgan fingerprint density at radius 3 is 2.71 bits per heavy atom. The molecule has 0 radical (unpaired) electrons. The Morgan fingerprint density at radius 1 is 1.12 bits per heavy atom. The van der Waals surface area contributed by atoms with Crippen LogP contribution in [0.25, 0.3) is 6.08 Å². The molecule has 0 atom stereocenters. The first kappa shape index (κ1) is 16.1. The molecule has 24 heavy (non-hydrogen) atoms. The lowest BCUT2D eigenvalue weighted by molar-refractivity contribution is -0.117. The van der Waals surface area contributed by atoms with Gasteiger partial charge in [-0.3, -0.25) is 9.59 Å². The summed E-state index contributed by atoms with van der Waals surface area (Å²) in [6.07, 6.45) is 3.75. The average Bonchev–Trinajstić information content (AvgIpc) is 3.01. The summed E-state index contributed by atoms with van der Waals surface area (Å²) in [6, 6.07) is 9.79. The third-order valence-electron chi connectivity index (χ3n) is 3.89. The molecule has 1 saturated heterocycles. The molecule has 2 aromatic carbocycles. The van der Waals surface area contributed by atoms with E-state index >= 15 is 0 Å². The van der Waals surface area contributed by atoms with Gasteiger partial charge in [0.25, 0.3) is 0 Å². The van der Waals surface area contributed by atoms with Crippen LogP contribution >= 0.6 is 0 Å². The molecule has 0 N–H and O–H groups in total. The highest BCUT2D eigenvalue weighted by atomic mass is 19.1. The molecule has 3 nitrogen and oxygen atoms in total. The quantitative estimate of drug-likeness (QED) is 0.629. The van der Waals surface area contributed by atoms with Gasteiger partial charge >= 0.3 is 0 Å². The van der Waals surface area contributed by atoms with Gasteiger partial charge in [-0.1, -0.05) is 12.1 Å². The van der Waals surface area contributed by atoms with Gasteiger partial charge in [-0.05, 0) is 48.9 Å².